The van der Waals surface area contributed by atoms with Gasteiger partial charge >= 0.3 is 0 Å². The Hall–Kier alpha value is -1.31. The van der Waals surface area contributed by atoms with Crippen LogP contribution < -0.4 is 5.73 Å². The third-order valence-electron chi connectivity index (χ3n) is 1.87. The van der Waals surface area contributed by atoms with E-state index in [1.54, 1.807) is 0 Å². The summed E-state index contributed by atoms with van der Waals surface area (Å²) in [7, 11) is 0. The van der Waals surface area contributed by atoms with Crippen molar-refractivity contribution in [2.75, 3.05) is 6.54 Å². The quantitative estimate of drug-likeness (QED) is 0.553. The molecular weight excluding hydrogens is 160 g/mol. The molecule has 0 aromatic heterocycles. The maximum absolute atomic E-state index is 5.68. The largest absolute Gasteiger partial charge is 0.387 e. The van der Waals surface area contributed by atoms with Gasteiger partial charge in [-0.25, -0.2) is 0 Å². The molecular formula is C11H16N2. The highest BCUT2D eigenvalue weighted by atomic mass is 14.8. The van der Waals surface area contributed by atoms with Crippen LogP contribution in [0.2, 0.25) is 0 Å². The zero-order valence-electron chi connectivity index (χ0n) is 8.03. The molecule has 2 heteroatoms. The number of amidine groups is 1. The topological polar surface area (TPSA) is 38.4 Å². The monoisotopic (exact) mass is 176 g/mol. The summed E-state index contributed by atoms with van der Waals surface area (Å²) in [5.41, 5.74) is 7.00. The third-order valence-corrected chi connectivity index (χ3v) is 1.87. The predicted molar refractivity (Wildman–Crippen MR) is 56.9 cm³/mol. The number of hydrogen-bond acceptors (Lipinski definition) is 1. The molecule has 0 aliphatic heterocycles. The molecule has 0 bridgehead atoms. The average molecular weight is 176 g/mol. The van der Waals surface area contributed by atoms with Crippen molar-refractivity contribution in [3.05, 3.63) is 35.9 Å². The fourth-order valence-corrected chi connectivity index (χ4v) is 1.20. The number of aliphatic imine (C=N–C) groups is 1. The Morgan fingerprint density at radius 2 is 2.00 bits per heavy atom. The summed E-state index contributed by atoms with van der Waals surface area (Å²) in [6.45, 7) is 2.77. The zero-order chi connectivity index (χ0) is 9.52. The Morgan fingerprint density at radius 1 is 1.31 bits per heavy atom. The van der Waals surface area contributed by atoms with Crippen LogP contribution in [-0.4, -0.2) is 12.4 Å². The zero-order valence-corrected chi connectivity index (χ0v) is 8.03. The minimum absolute atomic E-state index is 0.756. The standard InChI is InChI=1S/C11H16N2/c1-2-13-11(12)9-8-10-6-4-3-5-7-10/h3-7H,2,8-9H2,1H3,(H2,12,13). The molecule has 13 heavy (non-hydrogen) atoms. The minimum atomic E-state index is 0.756. The van der Waals surface area contributed by atoms with E-state index < -0.39 is 0 Å². The lowest BCUT2D eigenvalue weighted by molar-refractivity contribution is 0.999. The van der Waals surface area contributed by atoms with Gasteiger partial charge in [0.15, 0.2) is 0 Å². The van der Waals surface area contributed by atoms with Crippen molar-refractivity contribution in [2.24, 2.45) is 10.7 Å². The number of nitrogens with two attached hydrogens (primary N) is 1. The van der Waals surface area contributed by atoms with E-state index in [0.717, 1.165) is 25.2 Å². The van der Waals surface area contributed by atoms with Gasteiger partial charge < -0.3 is 5.73 Å². The highest BCUT2D eigenvalue weighted by Crippen LogP contribution is 2.01. The van der Waals surface area contributed by atoms with Crippen molar-refractivity contribution in [2.45, 2.75) is 19.8 Å². The molecule has 0 aliphatic rings. The predicted octanol–water partition coefficient (Wildman–Crippen LogP) is 2.00. The van der Waals surface area contributed by atoms with E-state index in [1.807, 2.05) is 25.1 Å². The maximum Gasteiger partial charge on any atom is 0.0940 e. The number of hydrogen-bond donors (Lipinski definition) is 1. The first-order valence-electron chi connectivity index (χ1n) is 4.65. The molecule has 0 aliphatic carbocycles. The van der Waals surface area contributed by atoms with Crippen LogP contribution in [0, 0.1) is 0 Å². The Morgan fingerprint density at radius 3 is 2.62 bits per heavy atom. The van der Waals surface area contributed by atoms with E-state index in [1.165, 1.54) is 5.56 Å². The second kappa shape index (κ2) is 5.36. The average Bonchev–Trinajstić information content (AvgIpc) is 2.17. The van der Waals surface area contributed by atoms with Gasteiger partial charge in [0.25, 0.3) is 0 Å². The Balaban J connectivity index is 2.39. The van der Waals surface area contributed by atoms with Crippen molar-refractivity contribution in [3.8, 4) is 0 Å². The normalized spacial score (nSPS) is 11.6. The number of aryl methyl sites for hydroxylation is 1. The molecule has 0 unspecified atom stereocenters. The molecule has 0 saturated carbocycles. The van der Waals surface area contributed by atoms with Crippen LogP contribution in [0.4, 0.5) is 0 Å². The van der Waals surface area contributed by atoms with Gasteiger partial charge in [-0.05, 0) is 18.9 Å². The highest BCUT2D eigenvalue weighted by Gasteiger charge is 1.94. The van der Waals surface area contributed by atoms with Crippen molar-refractivity contribution in [1.29, 1.82) is 0 Å². The molecule has 1 rings (SSSR count). The number of nitrogens with zero attached hydrogens (tertiary/aromatic N) is 1. The molecule has 2 N–H and O–H groups in total. The van der Waals surface area contributed by atoms with Crippen molar-refractivity contribution in [1.82, 2.24) is 0 Å². The second-order valence-corrected chi connectivity index (χ2v) is 2.95. The van der Waals surface area contributed by atoms with Crippen LogP contribution in [0.1, 0.15) is 18.9 Å². The van der Waals surface area contributed by atoms with Crippen LogP contribution in [0.25, 0.3) is 0 Å². The molecule has 0 spiro atoms. The molecule has 70 valence electrons. The van der Waals surface area contributed by atoms with E-state index in [-0.39, 0.29) is 0 Å². The summed E-state index contributed by atoms with van der Waals surface area (Å²) >= 11 is 0. The van der Waals surface area contributed by atoms with Gasteiger partial charge in [0.1, 0.15) is 0 Å². The Kier molecular flexibility index (Phi) is 4.03. The van der Waals surface area contributed by atoms with Crippen molar-refractivity contribution >= 4 is 5.84 Å². The Bertz CT molecular complexity index is 265. The molecule has 0 heterocycles. The van der Waals surface area contributed by atoms with E-state index in [4.69, 9.17) is 5.73 Å². The van der Waals surface area contributed by atoms with Crippen molar-refractivity contribution in [3.63, 3.8) is 0 Å². The van der Waals surface area contributed by atoms with E-state index in [0.29, 0.717) is 0 Å². The number of rotatable bonds is 4. The van der Waals surface area contributed by atoms with Gasteiger partial charge in [-0.3, -0.25) is 4.99 Å². The minimum Gasteiger partial charge on any atom is -0.387 e. The number of benzene rings is 1. The summed E-state index contributed by atoms with van der Waals surface area (Å²) in [6, 6.07) is 10.3. The van der Waals surface area contributed by atoms with Crippen LogP contribution >= 0.6 is 0 Å². The summed E-state index contributed by atoms with van der Waals surface area (Å²) in [6.07, 6.45) is 1.84. The summed E-state index contributed by atoms with van der Waals surface area (Å²) < 4.78 is 0. The molecule has 2 nitrogen and oxygen atoms in total. The lowest BCUT2D eigenvalue weighted by atomic mass is 10.1. The SMILES string of the molecule is CCN=C(N)CCc1ccccc1. The summed E-state index contributed by atoms with van der Waals surface area (Å²) in [5.74, 6) is 0.756. The molecule has 1 aromatic rings. The maximum atomic E-state index is 5.68. The Labute approximate surface area is 79.5 Å². The first kappa shape index (κ1) is 9.78. The first-order chi connectivity index (χ1) is 6.33. The molecule has 0 radical (unpaired) electrons. The van der Waals surface area contributed by atoms with Gasteiger partial charge in [-0.1, -0.05) is 30.3 Å². The van der Waals surface area contributed by atoms with Crippen LogP contribution in [-0.2, 0) is 6.42 Å². The molecule has 0 fully saturated rings. The van der Waals surface area contributed by atoms with E-state index in [9.17, 15) is 0 Å². The van der Waals surface area contributed by atoms with Crippen LogP contribution in [0.3, 0.4) is 0 Å². The lowest BCUT2D eigenvalue weighted by Gasteiger charge is -2.00. The van der Waals surface area contributed by atoms with Crippen LogP contribution in [0.15, 0.2) is 35.3 Å². The summed E-state index contributed by atoms with van der Waals surface area (Å²) in [5, 5.41) is 0. The molecule has 0 saturated heterocycles. The highest BCUT2D eigenvalue weighted by molar-refractivity contribution is 5.80. The second-order valence-electron chi connectivity index (χ2n) is 2.95. The van der Waals surface area contributed by atoms with E-state index >= 15 is 0 Å². The first-order valence-corrected chi connectivity index (χ1v) is 4.65. The fraction of sp³-hybridized carbons (Fsp3) is 0.364. The lowest BCUT2D eigenvalue weighted by Crippen LogP contribution is -2.12. The summed E-state index contributed by atoms with van der Waals surface area (Å²) in [4.78, 5) is 4.13. The van der Waals surface area contributed by atoms with Crippen LogP contribution in [0.5, 0.6) is 0 Å². The molecule has 0 amide bonds. The third kappa shape index (κ3) is 3.74. The smallest absolute Gasteiger partial charge is 0.0940 e. The van der Waals surface area contributed by atoms with Gasteiger partial charge in [-0.2, -0.15) is 0 Å². The van der Waals surface area contributed by atoms with Gasteiger partial charge in [0.05, 0.1) is 5.84 Å². The van der Waals surface area contributed by atoms with E-state index in [2.05, 4.69) is 17.1 Å². The molecule has 1 aromatic carbocycles. The fourth-order valence-electron chi connectivity index (χ4n) is 1.20. The van der Waals surface area contributed by atoms with Crippen molar-refractivity contribution < 1.29 is 0 Å². The van der Waals surface area contributed by atoms with Gasteiger partial charge in [0, 0.05) is 13.0 Å². The van der Waals surface area contributed by atoms with Gasteiger partial charge in [0.2, 0.25) is 0 Å². The van der Waals surface area contributed by atoms with Gasteiger partial charge in [-0.15, -0.1) is 0 Å². The molecule has 0 atom stereocenters.